The van der Waals surface area contributed by atoms with Gasteiger partial charge in [0.15, 0.2) is 0 Å². The second-order valence-electron chi connectivity index (χ2n) is 2.07. The van der Waals surface area contributed by atoms with Gasteiger partial charge in [-0.05, 0) is 12.2 Å². The van der Waals surface area contributed by atoms with Crippen LogP contribution in [-0.4, -0.2) is 28.9 Å². The maximum absolute atomic E-state index is 10.5. The molecule has 0 aromatic heterocycles. The fourth-order valence-electron chi connectivity index (χ4n) is 0.718. The molecular weight excluding hydrogens is 164 g/mol. The molecule has 1 rings (SSSR count). The molecule has 1 aliphatic heterocycles. The molecule has 0 saturated carbocycles. The monoisotopic (exact) mass is 172 g/mol. The minimum absolute atomic E-state index is 0.312. The highest BCUT2D eigenvalue weighted by Gasteiger charge is 2.13. The molecule has 0 atom stereocenters. The summed E-state index contributed by atoms with van der Waals surface area (Å²) in [4.78, 5) is 19.0. The van der Waals surface area contributed by atoms with E-state index >= 15 is 0 Å². The molecule has 4 nitrogen and oxygen atoms in total. The Balaban J connectivity index is 2.52. The Kier molecular flexibility index (Phi) is 2.53. The molecule has 0 aromatic rings. The third kappa shape index (κ3) is 2.27. The molecule has 60 valence electrons. The van der Waals surface area contributed by atoms with E-state index < -0.39 is 0 Å². The summed E-state index contributed by atoms with van der Waals surface area (Å²) in [6.07, 6.45) is 2.47. The van der Waals surface area contributed by atoms with Gasteiger partial charge in [-0.25, -0.2) is 4.99 Å². The van der Waals surface area contributed by atoms with Crippen molar-refractivity contribution < 1.29 is 9.63 Å². The number of hydrogen-bond donors (Lipinski definition) is 0. The lowest BCUT2D eigenvalue weighted by Gasteiger charge is -2.21. The molecule has 5 heteroatoms. The highest BCUT2D eigenvalue weighted by Crippen LogP contribution is 2.02. The fourth-order valence-corrected chi connectivity index (χ4v) is 0.921. The predicted molar refractivity (Wildman–Crippen MR) is 44.2 cm³/mol. The van der Waals surface area contributed by atoms with Gasteiger partial charge in [0.05, 0.1) is 6.54 Å². The van der Waals surface area contributed by atoms with Gasteiger partial charge in [-0.2, -0.15) is 5.06 Å². The lowest BCUT2D eigenvalue weighted by molar-refractivity contribution is -0.169. The zero-order chi connectivity index (χ0) is 8.27. The van der Waals surface area contributed by atoms with Crippen LogP contribution in [-0.2, 0) is 9.63 Å². The molecule has 0 fully saturated rings. The van der Waals surface area contributed by atoms with Gasteiger partial charge in [0.2, 0.25) is 5.11 Å². The molecule has 11 heavy (non-hydrogen) atoms. The topological polar surface area (TPSA) is 41.9 Å². The summed E-state index contributed by atoms with van der Waals surface area (Å²) < 4.78 is 0. The number of rotatable bonds is 1. The minimum atomic E-state index is -0.371. The Morgan fingerprint density at radius 2 is 2.64 bits per heavy atom. The predicted octanol–water partition coefficient (Wildman–Crippen LogP) is 0.526. The molecule has 0 aliphatic carbocycles. The van der Waals surface area contributed by atoms with E-state index in [9.17, 15) is 4.79 Å². The standard InChI is InChI=1S/C6H8N2O2S/c1-5(9)10-8-4-2-3-7-6(8)11/h3H,2,4H2,1H3. The summed E-state index contributed by atoms with van der Waals surface area (Å²) in [6.45, 7) is 1.93. The molecule has 0 aromatic carbocycles. The highest BCUT2D eigenvalue weighted by molar-refractivity contribution is 7.80. The number of hydrogen-bond acceptors (Lipinski definition) is 3. The van der Waals surface area contributed by atoms with Crippen molar-refractivity contribution in [1.29, 1.82) is 0 Å². The van der Waals surface area contributed by atoms with E-state index in [2.05, 4.69) is 4.99 Å². The summed E-state index contributed by atoms with van der Waals surface area (Å²) in [7, 11) is 0. The maximum atomic E-state index is 10.5. The van der Waals surface area contributed by atoms with Crippen LogP contribution >= 0.6 is 12.2 Å². The van der Waals surface area contributed by atoms with E-state index in [1.807, 2.05) is 0 Å². The van der Waals surface area contributed by atoms with Crippen molar-refractivity contribution in [2.45, 2.75) is 13.3 Å². The highest BCUT2D eigenvalue weighted by atomic mass is 32.1. The van der Waals surface area contributed by atoms with Crippen LogP contribution in [0.4, 0.5) is 0 Å². The number of aliphatic imine (C=N–C) groups is 1. The van der Waals surface area contributed by atoms with Crippen molar-refractivity contribution in [3.8, 4) is 0 Å². The first-order chi connectivity index (χ1) is 5.20. The summed E-state index contributed by atoms with van der Waals surface area (Å²) in [5.41, 5.74) is 0. The molecule has 1 aliphatic rings. The number of carbonyl (C=O) groups is 1. The van der Waals surface area contributed by atoms with Crippen molar-refractivity contribution in [3.63, 3.8) is 0 Å². The number of nitrogens with zero attached hydrogens (tertiary/aromatic N) is 2. The van der Waals surface area contributed by atoms with Crippen LogP contribution in [0.15, 0.2) is 4.99 Å². The van der Waals surface area contributed by atoms with Crippen molar-refractivity contribution >= 4 is 29.5 Å². The van der Waals surface area contributed by atoms with Crippen molar-refractivity contribution in [3.05, 3.63) is 0 Å². The minimum Gasteiger partial charge on any atom is -0.339 e. The van der Waals surface area contributed by atoms with Gasteiger partial charge in [0.25, 0.3) is 0 Å². The molecule has 0 saturated heterocycles. The van der Waals surface area contributed by atoms with Crippen molar-refractivity contribution in [1.82, 2.24) is 5.06 Å². The van der Waals surface area contributed by atoms with E-state index in [1.54, 1.807) is 6.21 Å². The zero-order valence-electron chi connectivity index (χ0n) is 6.11. The number of carbonyl (C=O) groups excluding carboxylic acids is 1. The van der Waals surface area contributed by atoms with Gasteiger partial charge < -0.3 is 4.84 Å². The summed E-state index contributed by atoms with van der Waals surface area (Å²) >= 11 is 4.80. The molecule has 0 spiro atoms. The summed E-state index contributed by atoms with van der Waals surface area (Å²) in [5.74, 6) is -0.371. The first kappa shape index (κ1) is 8.13. The zero-order valence-corrected chi connectivity index (χ0v) is 6.93. The van der Waals surface area contributed by atoms with Gasteiger partial charge in [-0.15, -0.1) is 0 Å². The number of hydroxylamine groups is 2. The first-order valence-electron chi connectivity index (χ1n) is 3.22. The van der Waals surface area contributed by atoms with Crippen LogP contribution < -0.4 is 0 Å². The van der Waals surface area contributed by atoms with E-state index in [1.165, 1.54) is 12.0 Å². The molecule has 0 bridgehead atoms. The summed E-state index contributed by atoms with van der Waals surface area (Å²) in [6, 6.07) is 0. The Hall–Kier alpha value is -0.970. The second-order valence-corrected chi connectivity index (χ2v) is 2.43. The lowest BCUT2D eigenvalue weighted by atomic mass is 10.4. The first-order valence-corrected chi connectivity index (χ1v) is 3.63. The molecule has 1 heterocycles. The quantitative estimate of drug-likeness (QED) is 0.541. The Morgan fingerprint density at radius 1 is 1.91 bits per heavy atom. The Morgan fingerprint density at radius 3 is 3.18 bits per heavy atom. The van der Waals surface area contributed by atoms with E-state index in [0.717, 1.165) is 6.42 Å². The molecule has 0 unspecified atom stereocenters. The van der Waals surface area contributed by atoms with Crippen LogP contribution in [0.3, 0.4) is 0 Å². The Labute approximate surface area is 69.8 Å². The van der Waals surface area contributed by atoms with Crippen molar-refractivity contribution in [2.75, 3.05) is 6.54 Å². The maximum Gasteiger partial charge on any atom is 0.329 e. The number of thiocarbonyl (C=S) groups is 1. The molecular formula is C6H8N2O2S. The van der Waals surface area contributed by atoms with Crippen LogP contribution in [0.25, 0.3) is 0 Å². The van der Waals surface area contributed by atoms with Crippen molar-refractivity contribution in [2.24, 2.45) is 4.99 Å². The van der Waals surface area contributed by atoms with Crippen LogP contribution in [0.2, 0.25) is 0 Å². The average Bonchev–Trinajstić information content (AvgIpc) is 1.93. The normalized spacial score (nSPS) is 16.8. The molecule has 0 radical (unpaired) electrons. The van der Waals surface area contributed by atoms with Crippen LogP contribution in [0.1, 0.15) is 13.3 Å². The van der Waals surface area contributed by atoms with E-state index in [4.69, 9.17) is 17.1 Å². The van der Waals surface area contributed by atoms with E-state index in [-0.39, 0.29) is 5.97 Å². The average molecular weight is 172 g/mol. The SMILES string of the molecule is CC(=O)ON1CCC=NC1=S. The third-order valence-corrected chi connectivity index (χ3v) is 1.42. The van der Waals surface area contributed by atoms with Crippen LogP contribution in [0.5, 0.6) is 0 Å². The second kappa shape index (κ2) is 3.43. The smallest absolute Gasteiger partial charge is 0.329 e. The van der Waals surface area contributed by atoms with Gasteiger partial charge in [-0.3, -0.25) is 4.79 Å². The van der Waals surface area contributed by atoms with Gasteiger partial charge >= 0.3 is 5.97 Å². The molecule has 0 amide bonds. The van der Waals surface area contributed by atoms with Gasteiger partial charge in [0, 0.05) is 19.6 Å². The lowest BCUT2D eigenvalue weighted by Crippen LogP contribution is -2.34. The van der Waals surface area contributed by atoms with E-state index in [0.29, 0.717) is 11.7 Å². The van der Waals surface area contributed by atoms with Gasteiger partial charge in [0.1, 0.15) is 0 Å². The van der Waals surface area contributed by atoms with Crippen LogP contribution in [0, 0.1) is 0 Å². The Bertz CT molecular complexity index is 215. The summed E-state index contributed by atoms with van der Waals surface area (Å²) in [5, 5.41) is 1.63. The van der Waals surface area contributed by atoms with Gasteiger partial charge in [-0.1, -0.05) is 0 Å². The largest absolute Gasteiger partial charge is 0.339 e. The third-order valence-electron chi connectivity index (χ3n) is 1.12. The molecule has 0 N–H and O–H groups in total. The fraction of sp³-hybridized carbons (Fsp3) is 0.500.